The quantitative estimate of drug-likeness (QED) is 0.111. The summed E-state index contributed by atoms with van der Waals surface area (Å²) in [5.41, 5.74) is 7.34. The molecule has 1 saturated heterocycles. The fraction of sp³-hybridized carbons (Fsp3) is 0.400. The van der Waals surface area contributed by atoms with Gasteiger partial charge in [-0.1, -0.05) is 23.4 Å². The monoisotopic (exact) mass is 646 g/mol. The molecule has 0 aromatic heterocycles. The number of ether oxygens (including phenoxy) is 1. The van der Waals surface area contributed by atoms with Gasteiger partial charge in [-0.3, -0.25) is 14.6 Å². The Morgan fingerprint density at radius 3 is 2.50 bits per heavy atom. The molecule has 3 aliphatic rings. The van der Waals surface area contributed by atoms with Gasteiger partial charge in [0.05, 0.1) is 6.54 Å². The van der Waals surface area contributed by atoms with Crippen molar-refractivity contribution in [3.63, 3.8) is 0 Å². The number of amides is 1. The number of amidine groups is 2. The molecular weight excluding hydrogens is 613 g/mol. The molecule has 1 unspecified atom stereocenters. The molecule has 3 aliphatic heterocycles. The average Bonchev–Trinajstić information content (AvgIpc) is 3.28. The van der Waals surface area contributed by atoms with E-state index < -0.39 is 0 Å². The third-order valence-electron chi connectivity index (χ3n) is 5.00. The molecule has 3 heterocycles. The number of oxime groups is 1. The topological polar surface area (TPSA) is 150 Å². The van der Waals surface area contributed by atoms with Crippen molar-refractivity contribution < 1.29 is 24.3 Å². The fourth-order valence-electron chi connectivity index (χ4n) is 2.96. The normalized spacial score (nSPS) is 17.4. The van der Waals surface area contributed by atoms with Crippen LogP contribution in [0.15, 0.2) is 52.8 Å². The van der Waals surface area contributed by atoms with Gasteiger partial charge in [0, 0.05) is 17.5 Å². The summed E-state index contributed by atoms with van der Waals surface area (Å²) in [6.45, 7) is 9.60. The van der Waals surface area contributed by atoms with Gasteiger partial charge in [-0.05, 0) is 51.5 Å². The molecule has 1 amide bonds. The number of nitrogens with two attached hydrogens (primary N) is 1. The van der Waals surface area contributed by atoms with Crippen molar-refractivity contribution in [1.82, 2.24) is 7.96 Å². The van der Waals surface area contributed by atoms with Crippen molar-refractivity contribution in [2.75, 3.05) is 25.5 Å². The number of carbonyl (C=O) groups is 2. The number of hydrogen-bond acceptors (Lipinski definition) is 9. The average molecular weight is 647 g/mol. The number of fused-ring (bicyclic) bond motifs is 1. The molecule has 1 atom stereocenters. The molecule has 0 spiro atoms. The van der Waals surface area contributed by atoms with Crippen LogP contribution in [0.2, 0.25) is 4.37 Å². The Morgan fingerprint density at radius 2 is 2.03 bits per heavy atom. The van der Waals surface area contributed by atoms with E-state index in [1.807, 2.05) is 63.1 Å². The van der Waals surface area contributed by atoms with Crippen LogP contribution >= 0.6 is 0 Å². The second-order valence-electron chi connectivity index (χ2n) is 9.02. The zero-order valence-corrected chi connectivity index (χ0v) is 26.0. The molecule has 4 rings (SSSR count). The molecule has 202 valence electrons. The molecule has 11 nitrogen and oxygen atoms in total. The van der Waals surface area contributed by atoms with E-state index in [0.717, 1.165) is 11.4 Å². The number of allylic oxidation sites excluding steroid dienone is 2. The van der Waals surface area contributed by atoms with Gasteiger partial charge in [-0.15, -0.1) is 0 Å². The van der Waals surface area contributed by atoms with E-state index in [9.17, 15) is 9.59 Å². The predicted molar refractivity (Wildman–Crippen MR) is 150 cm³/mol. The Morgan fingerprint density at radius 1 is 1.39 bits per heavy atom. The Kier molecular flexibility index (Phi) is 14.9. The minimum atomic E-state index is -0.377. The van der Waals surface area contributed by atoms with Gasteiger partial charge < -0.3 is 25.9 Å². The number of carbonyl (C=O) groups excluding carboxylic acids is 3. The number of aliphatic imine (C=N–C) groups is 1. The van der Waals surface area contributed by atoms with E-state index in [2.05, 4.69) is 30.3 Å². The molecule has 2 radical (unpaired) electrons. The summed E-state index contributed by atoms with van der Waals surface area (Å²) in [5, 5.41) is 14.7. The molecule has 4 N–H and O–H groups in total. The van der Waals surface area contributed by atoms with Crippen LogP contribution in [0, 0.1) is 6.92 Å². The summed E-state index contributed by atoms with van der Waals surface area (Å²) in [5.74, 6) is 0.634. The zero-order valence-electron chi connectivity index (χ0n) is 22.3. The number of anilines is 1. The van der Waals surface area contributed by atoms with E-state index in [4.69, 9.17) is 15.7 Å². The van der Waals surface area contributed by atoms with Crippen molar-refractivity contribution in [2.45, 2.75) is 43.7 Å². The molecular formula is C25H34AlN6O5Sb. The molecule has 38 heavy (non-hydrogen) atoms. The first-order valence-electron chi connectivity index (χ1n) is 11.6. The van der Waals surface area contributed by atoms with Crippen LogP contribution in [-0.4, -0.2) is 111 Å². The second kappa shape index (κ2) is 17.0. The summed E-state index contributed by atoms with van der Waals surface area (Å²) in [6.07, 6.45) is 7.47. The first kappa shape index (κ1) is 33.3. The van der Waals surface area contributed by atoms with Gasteiger partial charge in [0.2, 0.25) is 5.91 Å². The van der Waals surface area contributed by atoms with E-state index in [-0.39, 0.29) is 45.3 Å². The SMILES string of the molecule is CC(C)(C)OC=O.C[N]1C[CH2][Sb]1.Cc1ccc(/C(N)=N/O)cc1NC(=O)C1CN=C2C=CC=CN21.O=[C]=[Al]. The molecule has 0 bridgehead atoms. The second-order valence-corrected chi connectivity index (χ2v) is 13.3. The summed E-state index contributed by atoms with van der Waals surface area (Å²) in [6, 6.07) is 4.85. The van der Waals surface area contributed by atoms with Crippen molar-refractivity contribution in [1.29, 1.82) is 0 Å². The van der Waals surface area contributed by atoms with E-state index in [0.29, 0.717) is 24.3 Å². The first-order chi connectivity index (χ1) is 18.0. The maximum absolute atomic E-state index is 12.6. The van der Waals surface area contributed by atoms with E-state index >= 15 is 0 Å². The number of hydrogen-bond donors (Lipinski definition) is 3. The Hall–Kier alpha value is -2.73. The van der Waals surface area contributed by atoms with Gasteiger partial charge in [-0.2, -0.15) is 0 Å². The third-order valence-corrected chi connectivity index (χ3v) is 8.09. The first-order valence-corrected chi connectivity index (χ1v) is 15.1. The van der Waals surface area contributed by atoms with Gasteiger partial charge in [0.1, 0.15) is 17.5 Å². The number of benzene rings is 1. The van der Waals surface area contributed by atoms with Gasteiger partial charge >= 0.3 is 68.3 Å². The molecule has 1 aromatic rings. The predicted octanol–water partition coefficient (Wildman–Crippen LogP) is 1.34. The van der Waals surface area contributed by atoms with E-state index in [1.54, 1.807) is 32.4 Å². The molecule has 1 fully saturated rings. The molecule has 0 saturated carbocycles. The summed E-state index contributed by atoms with van der Waals surface area (Å²) in [4.78, 5) is 37.0. The Labute approximate surface area is 242 Å². The number of nitrogens with zero attached hydrogens (tertiary/aromatic N) is 4. The van der Waals surface area contributed by atoms with Gasteiger partial charge in [0.25, 0.3) is 6.47 Å². The Balaban J connectivity index is 0.000000393. The van der Waals surface area contributed by atoms with Crippen molar-refractivity contribution in [3.05, 3.63) is 53.8 Å². The van der Waals surface area contributed by atoms with Crippen LogP contribution in [0.5, 0.6) is 0 Å². The number of rotatable bonds is 4. The van der Waals surface area contributed by atoms with Crippen LogP contribution in [0.25, 0.3) is 0 Å². The number of nitrogens with one attached hydrogen (secondary N) is 1. The number of aryl methyl sites for hydroxylation is 1. The van der Waals surface area contributed by atoms with Crippen LogP contribution in [-0.2, 0) is 19.1 Å². The van der Waals surface area contributed by atoms with Crippen molar-refractivity contribution in [2.24, 2.45) is 15.9 Å². The standard InChI is InChI=1S/C16H17N5O2.C5H10O2.C3H7N.CO.Al.Sb/c1-10-5-6-11(15(17)20-23)8-12(10)19-16(22)13-9-18-14-4-2-3-7-21(13)14;1-5(2,3)7-4-6;1-3-4-2;1-2;;/h2-8,13,23H,9H2,1H3,(H2,17,20)(H,19,22);4H,1-3H3;1,3H2,2H3;;;/q;;-1;;;+1. The zero-order chi connectivity index (χ0) is 28.7. The maximum atomic E-state index is 12.6. The molecule has 0 aliphatic carbocycles. The van der Waals surface area contributed by atoms with Crippen molar-refractivity contribution in [3.8, 4) is 0 Å². The summed E-state index contributed by atoms with van der Waals surface area (Å²) < 4.78 is 9.98. The van der Waals surface area contributed by atoms with E-state index in [1.165, 1.54) is 11.3 Å². The third kappa shape index (κ3) is 11.8. The van der Waals surface area contributed by atoms with Crippen LogP contribution in [0.1, 0.15) is 31.9 Å². The van der Waals surface area contributed by atoms with Crippen LogP contribution < -0.4 is 11.1 Å². The molecule has 13 heteroatoms. The minimum absolute atomic E-state index is 0.00362. The fourth-order valence-corrected chi connectivity index (χ4v) is 4.67. The van der Waals surface area contributed by atoms with Crippen LogP contribution in [0.3, 0.4) is 0 Å². The van der Waals surface area contributed by atoms with Gasteiger partial charge in [-0.25, -0.2) is 0 Å². The van der Waals surface area contributed by atoms with Crippen molar-refractivity contribution >= 4 is 72.2 Å². The summed E-state index contributed by atoms with van der Waals surface area (Å²) in [7, 11) is 2.21. The summed E-state index contributed by atoms with van der Waals surface area (Å²) >= 11 is 2.06. The van der Waals surface area contributed by atoms with Crippen LogP contribution in [0.4, 0.5) is 5.69 Å². The Bertz CT molecular complexity index is 1110. The molecule has 1 aromatic carbocycles. The van der Waals surface area contributed by atoms with Gasteiger partial charge in [0.15, 0.2) is 5.84 Å².